The number of carboxylic acids is 1. The second-order valence-corrected chi connectivity index (χ2v) is 7.00. The van der Waals surface area contributed by atoms with Crippen LogP contribution in [0.25, 0.3) is 0 Å². The third-order valence-electron chi connectivity index (χ3n) is 4.83. The van der Waals surface area contributed by atoms with Crippen LogP contribution in [0.4, 0.5) is 0 Å². The van der Waals surface area contributed by atoms with Gasteiger partial charge in [0.15, 0.2) is 11.6 Å². The lowest BCUT2D eigenvalue weighted by molar-refractivity contribution is -0.142. The minimum atomic E-state index is -1.53. The van der Waals surface area contributed by atoms with Crippen molar-refractivity contribution >= 4 is 23.5 Å². The number of methoxy groups -OCH3 is 1. The van der Waals surface area contributed by atoms with Crippen LogP contribution in [0.1, 0.15) is 31.8 Å². The van der Waals surface area contributed by atoms with Crippen molar-refractivity contribution in [3.63, 3.8) is 0 Å². The van der Waals surface area contributed by atoms with E-state index in [1.165, 1.54) is 19.2 Å². The molecular formula is C22H25N3O6. The Morgan fingerprint density at radius 3 is 1.65 bits per heavy atom. The second kappa shape index (κ2) is 10.6. The average molecular weight is 427 g/mol. The zero-order chi connectivity index (χ0) is 23.1. The average Bonchev–Trinajstić information content (AvgIpc) is 2.77. The van der Waals surface area contributed by atoms with Crippen LogP contribution >= 0.6 is 0 Å². The normalized spacial score (nSPS) is 13.7. The summed E-state index contributed by atoms with van der Waals surface area (Å²) in [6.45, 7) is 0. The van der Waals surface area contributed by atoms with Gasteiger partial charge >= 0.3 is 11.9 Å². The van der Waals surface area contributed by atoms with Crippen molar-refractivity contribution in [3.8, 4) is 0 Å². The van der Waals surface area contributed by atoms with E-state index >= 15 is 0 Å². The fraction of sp³-hybridized carbons (Fsp3) is 0.273. The highest BCUT2D eigenvalue weighted by atomic mass is 16.5. The molecule has 31 heavy (non-hydrogen) atoms. The van der Waals surface area contributed by atoms with E-state index in [-0.39, 0.29) is 24.0 Å². The standard InChI is InChI=1S/C22H25N3O6/c1-31-22(30)17(24)11-13-7-3-5-9-15(13)20(27)18(25)19(26)14-8-4-2-6-12(14)10-16(23)21(28)29/h2-9,16-18H,10-11,23-25H2,1H3,(H,28,29)/t16-,17-,18?/m1/s1. The smallest absolute Gasteiger partial charge is 0.322 e. The largest absolute Gasteiger partial charge is 0.480 e. The van der Waals surface area contributed by atoms with Gasteiger partial charge in [-0.1, -0.05) is 48.5 Å². The van der Waals surface area contributed by atoms with E-state index in [0.717, 1.165) is 0 Å². The van der Waals surface area contributed by atoms with E-state index in [4.69, 9.17) is 22.3 Å². The van der Waals surface area contributed by atoms with Crippen LogP contribution in [0.15, 0.2) is 48.5 Å². The van der Waals surface area contributed by atoms with Crippen molar-refractivity contribution in [1.29, 1.82) is 0 Å². The van der Waals surface area contributed by atoms with Crippen LogP contribution in [0.2, 0.25) is 0 Å². The molecule has 0 saturated carbocycles. The number of esters is 1. The first-order valence-electron chi connectivity index (χ1n) is 9.49. The maximum absolute atomic E-state index is 13.0. The van der Waals surface area contributed by atoms with Crippen LogP contribution < -0.4 is 17.2 Å². The van der Waals surface area contributed by atoms with Crippen LogP contribution in [0.5, 0.6) is 0 Å². The fourth-order valence-corrected chi connectivity index (χ4v) is 3.13. The quantitative estimate of drug-likeness (QED) is 0.232. The van der Waals surface area contributed by atoms with Crippen LogP contribution in [0, 0.1) is 0 Å². The molecule has 2 aromatic carbocycles. The van der Waals surface area contributed by atoms with Gasteiger partial charge in [0.1, 0.15) is 18.1 Å². The molecule has 0 aliphatic heterocycles. The molecule has 0 heterocycles. The third-order valence-corrected chi connectivity index (χ3v) is 4.83. The topological polar surface area (TPSA) is 176 Å². The SMILES string of the molecule is COC(=O)[C@H](N)Cc1ccccc1C(=O)C(N)C(=O)c1ccccc1C[C@@H](N)C(=O)O. The van der Waals surface area contributed by atoms with Crippen molar-refractivity contribution in [1.82, 2.24) is 0 Å². The Balaban J connectivity index is 2.30. The van der Waals surface area contributed by atoms with Gasteiger partial charge in [0.25, 0.3) is 0 Å². The number of ketones is 2. The van der Waals surface area contributed by atoms with E-state index in [0.29, 0.717) is 11.1 Å². The van der Waals surface area contributed by atoms with E-state index in [1.54, 1.807) is 36.4 Å². The number of ether oxygens (including phenoxy) is 1. The molecule has 0 aromatic heterocycles. The van der Waals surface area contributed by atoms with Crippen LogP contribution in [0.3, 0.4) is 0 Å². The summed E-state index contributed by atoms with van der Waals surface area (Å²) in [5.41, 5.74) is 18.5. The summed E-state index contributed by atoms with van der Waals surface area (Å²) in [5, 5.41) is 9.05. The Kier molecular flexibility index (Phi) is 8.14. The number of benzene rings is 2. The number of aliphatic carboxylic acids is 1. The highest BCUT2D eigenvalue weighted by Crippen LogP contribution is 2.18. The van der Waals surface area contributed by atoms with Gasteiger partial charge in [-0.3, -0.25) is 19.2 Å². The number of Topliss-reactive ketones (excluding diaryl/α,β-unsaturated/α-hetero) is 2. The third kappa shape index (κ3) is 5.82. The van der Waals surface area contributed by atoms with Gasteiger partial charge in [-0.15, -0.1) is 0 Å². The molecule has 0 bridgehead atoms. The minimum Gasteiger partial charge on any atom is -0.480 e. The number of nitrogens with two attached hydrogens (primary N) is 3. The highest BCUT2D eigenvalue weighted by Gasteiger charge is 2.29. The number of carbonyl (C=O) groups is 4. The lowest BCUT2D eigenvalue weighted by atomic mass is 9.89. The number of rotatable bonds is 10. The molecule has 0 fully saturated rings. The molecule has 7 N–H and O–H groups in total. The Morgan fingerprint density at radius 1 is 0.806 bits per heavy atom. The van der Waals surface area contributed by atoms with Crippen LogP contribution in [-0.4, -0.2) is 53.8 Å². The first-order valence-corrected chi connectivity index (χ1v) is 9.49. The molecule has 0 saturated heterocycles. The molecule has 9 heteroatoms. The van der Waals surface area contributed by atoms with Crippen molar-refractivity contribution in [3.05, 3.63) is 70.8 Å². The van der Waals surface area contributed by atoms with Gasteiger partial charge in [0, 0.05) is 11.1 Å². The van der Waals surface area contributed by atoms with E-state index in [1.807, 2.05) is 0 Å². The molecule has 2 rings (SSSR count). The van der Waals surface area contributed by atoms with Crippen molar-refractivity contribution in [2.45, 2.75) is 31.0 Å². The second-order valence-electron chi connectivity index (χ2n) is 7.00. The van der Waals surface area contributed by atoms with Crippen LogP contribution in [-0.2, 0) is 27.2 Å². The highest BCUT2D eigenvalue weighted by molar-refractivity contribution is 6.20. The lowest BCUT2D eigenvalue weighted by Crippen LogP contribution is -2.41. The summed E-state index contributed by atoms with van der Waals surface area (Å²) in [7, 11) is 1.21. The van der Waals surface area contributed by atoms with Gasteiger partial charge in [-0.05, 0) is 24.0 Å². The van der Waals surface area contributed by atoms with E-state index in [9.17, 15) is 19.2 Å². The Bertz CT molecular complexity index is 991. The molecular weight excluding hydrogens is 402 g/mol. The molecule has 164 valence electrons. The number of hydrogen-bond acceptors (Lipinski definition) is 8. The molecule has 3 atom stereocenters. The summed E-state index contributed by atoms with van der Waals surface area (Å²) in [6, 6.07) is 8.94. The Morgan fingerprint density at radius 2 is 1.23 bits per heavy atom. The van der Waals surface area contributed by atoms with Gasteiger partial charge in [0.05, 0.1) is 7.11 Å². The molecule has 1 unspecified atom stereocenters. The molecule has 0 radical (unpaired) electrons. The fourth-order valence-electron chi connectivity index (χ4n) is 3.13. The molecule has 2 aromatic rings. The summed E-state index contributed by atoms with van der Waals surface area (Å²) in [6.07, 6.45) is -0.0672. The summed E-state index contributed by atoms with van der Waals surface area (Å²) in [4.78, 5) is 48.7. The molecule has 0 spiro atoms. The van der Waals surface area contributed by atoms with E-state index in [2.05, 4.69) is 4.74 Å². The molecule has 0 aliphatic rings. The molecule has 9 nitrogen and oxygen atoms in total. The number of carbonyl (C=O) groups excluding carboxylic acids is 3. The van der Waals surface area contributed by atoms with Gasteiger partial charge in [-0.2, -0.15) is 0 Å². The lowest BCUT2D eigenvalue weighted by Gasteiger charge is -2.17. The van der Waals surface area contributed by atoms with E-state index < -0.39 is 41.6 Å². The van der Waals surface area contributed by atoms with Crippen molar-refractivity contribution in [2.24, 2.45) is 17.2 Å². The van der Waals surface area contributed by atoms with Gasteiger partial charge < -0.3 is 27.0 Å². The summed E-state index contributed by atoms with van der Waals surface area (Å²) < 4.78 is 4.61. The van der Waals surface area contributed by atoms with Gasteiger partial charge in [0.2, 0.25) is 0 Å². The molecule has 0 aliphatic carbocycles. The van der Waals surface area contributed by atoms with Crippen molar-refractivity contribution in [2.75, 3.05) is 7.11 Å². The van der Waals surface area contributed by atoms with Crippen molar-refractivity contribution < 1.29 is 29.0 Å². The first-order chi connectivity index (χ1) is 14.7. The summed E-state index contributed by atoms with van der Waals surface area (Å²) >= 11 is 0. The monoisotopic (exact) mass is 427 g/mol. The first kappa shape index (κ1) is 23.9. The predicted molar refractivity (Wildman–Crippen MR) is 113 cm³/mol. The zero-order valence-corrected chi connectivity index (χ0v) is 17.0. The number of hydrogen-bond donors (Lipinski definition) is 4. The Hall–Kier alpha value is -3.40. The molecule has 0 amide bonds. The maximum Gasteiger partial charge on any atom is 0.322 e. The predicted octanol–water partition coefficient (Wildman–Crippen LogP) is 0.0767. The summed E-state index contributed by atoms with van der Waals surface area (Å²) in [5.74, 6) is -3.15. The maximum atomic E-state index is 13.0. The van der Waals surface area contributed by atoms with Gasteiger partial charge in [-0.25, -0.2) is 0 Å². The zero-order valence-electron chi connectivity index (χ0n) is 17.0. The Labute approximate surface area is 179 Å². The number of carboxylic acid groups (broad SMARTS) is 1. The minimum absolute atomic E-state index is 0.0273.